The van der Waals surface area contributed by atoms with Crippen molar-refractivity contribution in [3.05, 3.63) is 30.1 Å². The predicted molar refractivity (Wildman–Crippen MR) is 88.4 cm³/mol. The quantitative estimate of drug-likeness (QED) is 0.789. The van der Waals surface area contributed by atoms with Gasteiger partial charge in [-0.2, -0.15) is 0 Å². The van der Waals surface area contributed by atoms with E-state index < -0.39 is 10.0 Å². The first-order valence-corrected chi connectivity index (χ1v) is 9.60. The Morgan fingerprint density at radius 1 is 1.43 bits per heavy atom. The summed E-state index contributed by atoms with van der Waals surface area (Å²) >= 11 is 0. The lowest BCUT2D eigenvalue weighted by Crippen LogP contribution is -2.40. The first-order chi connectivity index (χ1) is 10.9. The molecule has 2 heterocycles. The number of carbonyl (C=O) groups is 1. The van der Waals surface area contributed by atoms with Crippen molar-refractivity contribution in [3.8, 4) is 0 Å². The first kappa shape index (κ1) is 17.7. The fraction of sp³-hybridized carbons (Fsp3) is 0.600. The number of hydrogen-bond acceptors (Lipinski definition) is 4. The number of amides is 2. The van der Waals surface area contributed by atoms with Gasteiger partial charge in [0.1, 0.15) is 0 Å². The standard InChI is InChI=1S/C15H24N4O3S/c1-18(23(2,21)22)11-4-8-17-15(20)19-12-3-5-14(19)13-6-9-16-10-7-13/h6-7,9-10,14H,3-5,8,11-12H2,1-2H3,(H,17,20)/t14-/m0/s1. The van der Waals surface area contributed by atoms with Crippen LogP contribution in [0.5, 0.6) is 0 Å². The van der Waals surface area contributed by atoms with Crippen LogP contribution in [0, 0.1) is 0 Å². The molecule has 8 heteroatoms. The lowest BCUT2D eigenvalue weighted by atomic mass is 10.1. The molecule has 0 bridgehead atoms. The highest BCUT2D eigenvalue weighted by atomic mass is 32.2. The molecule has 128 valence electrons. The Hall–Kier alpha value is -1.67. The minimum absolute atomic E-state index is 0.0914. The van der Waals surface area contributed by atoms with Gasteiger partial charge in [0, 0.05) is 39.1 Å². The smallest absolute Gasteiger partial charge is 0.317 e. The van der Waals surface area contributed by atoms with Crippen molar-refractivity contribution in [1.82, 2.24) is 19.5 Å². The summed E-state index contributed by atoms with van der Waals surface area (Å²) in [4.78, 5) is 18.2. The largest absolute Gasteiger partial charge is 0.338 e. The number of nitrogens with one attached hydrogen (secondary N) is 1. The number of likely N-dealkylation sites (tertiary alicyclic amines) is 1. The number of pyridine rings is 1. The minimum Gasteiger partial charge on any atom is -0.338 e. The summed E-state index contributed by atoms with van der Waals surface area (Å²) in [7, 11) is -1.62. The molecule has 2 rings (SSSR count). The first-order valence-electron chi connectivity index (χ1n) is 7.75. The zero-order valence-electron chi connectivity index (χ0n) is 13.6. The van der Waals surface area contributed by atoms with Gasteiger partial charge in [0.25, 0.3) is 0 Å². The molecule has 1 aliphatic rings. The topological polar surface area (TPSA) is 82.6 Å². The van der Waals surface area contributed by atoms with E-state index in [-0.39, 0.29) is 12.1 Å². The zero-order valence-corrected chi connectivity index (χ0v) is 14.4. The van der Waals surface area contributed by atoms with Crippen molar-refractivity contribution < 1.29 is 13.2 Å². The summed E-state index contributed by atoms with van der Waals surface area (Å²) in [6.45, 7) is 1.59. The zero-order chi connectivity index (χ0) is 16.9. The van der Waals surface area contributed by atoms with Crippen LogP contribution in [-0.4, -0.2) is 61.6 Å². The third-order valence-corrected chi connectivity index (χ3v) is 5.41. The van der Waals surface area contributed by atoms with Crippen LogP contribution in [0.15, 0.2) is 24.5 Å². The molecule has 1 fully saturated rings. The molecular formula is C15H24N4O3S. The highest BCUT2D eigenvalue weighted by molar-refractivity contribution is 7.88. The van der Waals surface area contributed by atoms with Crippen LogP contribution in [-0.2, 0) is 10.0 Å². The monoisotopic (exact) mass is 340 g/mol. The Labute approximate surface area is 137 Å². The van der Waals surface area contributed by atoms with Crippen LogP contribution in [0.25, 0.3) is 0 Å². The van der Waals surface area contributed by atoms with Gasteiger partial charge in [-0.05, 0) is 37.0 Å². The molecule has 7 nitrogen and oxygen atoms in total. The van der Waals surface area contributed by atoms with Gasteiger partial charge < -0.3 is 10.2 Å². The predicted octanol–water partition coefficient (Wildman–Crippen LogP) is 1.21. The fourth-order valence-electron chi connectivity index (χ4n) is 2.71. The van der Waals surface area contributed by atoms with Gasteiger partial charge in [0.15, 0.2) is 0 Å². The maximum Gasteiger partial charge on any atom is 0.317 e. The van der Waals surface area contributed by atoms with Gasteiger partial charge in [0.2, 0.25) is 10.0 Å². The van der Waals surface area contributed by atoms with E-state index in [9.17, 15) is 13.2 Å². The molecule has 23 heavy (non-hydrogen) atoms. The SMILES string of the molecule is CN(CCCNC(=O)N1CCC[C@H]1c1ccncc1)S(C)(=O)=O. The van der Waals surface area contributed by atoms with E-state index in [1.807, 2.05) is 17.0 Å². The van der Waals surface area contributed by atoms with Crippen molar-refractivity contribution in [1.29, 1.82) is 0 Å². The van der Waals surface area contributed by atoms with Gasteiger partial charge in [-0.15, -0.1) is 0 Å². The molecule has 1 aromatic heterocycles. The Kier molecular flexibility index (Phi) is 5.95. The van der Waals surface area contributed by atoms with E-state index in [2.05, 4.69) is 10.3 Å². The molecular weight excluding hydrogens is 316 g/mol. The normalized spacial score (nSPS) is 18.4. The van der Waals surface area contributed by atoms with E-state index in [1.54, 1.807) is 12.4 Å². The second-order valence-electron chi connectivity index (χ2n) is 5.80. The third-order valence-electron chi connectivity index (χ3n) is 4.10. The highest BCUT2D eigenvalue weighted by Gasteiger charge is 2.29. The number of aromatic nitrogens is 1. The van der Waals surface area contributed by atoms with E-state index in [1.165, 1.54) is 17.6 Å². The molecule has 1 saturated heterocycles. The van der Waals surface area contributed by atoms with Crippen molar-refractivity contribution in [2.24, 2.45) is 0 Å². The van der Waals surface area contributed by atoms with Crippen LogP contribution < -0.4 is 5.32 Å². The second kappa shape index (κ2) is 7.74. The van der Waals surface area contributed by atoms with E-state index in [4.69, 9.17) is 0 Å². The van der Waals surface area contributed by atoms with Gasteiger partial charge >= 0.3 is 6.03 Å². The number of rotatable bonds is 6. The number of nitrogens with zero attached hydrogens (tertiary/aromatic N) is 3. The Morgan fingerprint density at radius 2 is 2.13 bits per heavy atom. The Morgan fingerprint density at radius 3 is 2.78 bits per heavy atom. The maximum absolute atomic E-state index is 12.3. The molecule has 0 saturated carbocycles. The molecule has 1 atom stereocenters. The third kappa shape index (κ3) is 4.90. The van der Waals surface area contributed by atoms with Gasteiger partial charge in [-0.3, -0.25) is 4.98 Å². The summed E-state index contributed by atoms with van der Waals surface area (Å²) in [5.74, 6) is 0. The lowest BCUT2D eigenvalue weighted by molar-refractivity contribution is 0.192. The summed E-state index contributed by atoms with van der Waals surface area (Å²) < 4.78 is 23.9. The number of hydrogen-bond donors (Lipinski definition) is 1. The fourth-order valence-corrected chi connectivity index (χ4v) is 3.17. The van der Waals surface area contributed by atoms with Crippen LogP contribution in [0.4, 0.5) is 4.79 Å². The van der Waals surface area contributed by atoms with Crippen LogP contribution in [0.1, 0.15) is 30.9 Å². The number of urea groups is 1. The number of carbonyl (C=O) groups excluding carboxylic acids is 1. The summed E-state index contributed by atoms with van der Waals surface area (Å²) in [6, 6.07) is 3.89. The van der Waals surface area contributed by atoms with Gasteiger partial charge in [0.05, 0.1) is 12.3 Å². The van der Waals surface area contributed by atoms with E-state index in [0.717, 1.165) is 24.9 Å². The minimum atomic E-state index is -3.16. The molecule has 1 aromatic rings. The Balaban J connectivity index is 1.81. The summed E-state index contributed by atoms with van der Waals surface area (Å²) in [6.07, 6.45) is 7.18. The number of sulfonamides is 1. The van der Waals surface area contributed by atoms with Gasteiger partial charge in [-0.25, -0.2) is 17.5 Å². The molecule has 0 unspecified atom stereocenters. The average Bonchev–Trinajstić information content (AvgIpc) is 3.00. The Bertz CT molecular complexity index is 621. The van der Waals surface area contributed by atoms with Crippen LogP contribution in [0.2, 0.25) is 0 Å². The van der Waals surface area contributed by atoms with Crippen molar-refractivity contribution in [2.45, 2.75) is 25.3 Å². The molecule has 1 aliphatic heterocycles. The molecule has 0 aliphatic carbocycles. The second-order valence-corrected chi connectivity index (χ2v) is 7.89. The van der Waals surface area contributed by atoms with Gasteiger partial charge in [-0.1, -0.05) is 0 Å². The molecule has 2 amide bonds. The van der Waals surface area contributed by atoms with Crippen molar-refractivity contribution in [3.63, 3.8) is 0 Å². The van der Waals surface area contributed by atoms with Crippen LogP contribution >= 0.6 is 0 Å². The van der Waals surface area contributed by atoms with Crippen LogP contribution in [0.3, 0.4) is 0 Å². The molecule has 1 N–H and O–H groups in total. The molecule has 0 aromatic carbocycles. The molecule has 0 spiro atoms. The average molecular weight is 340 g/mol. The van der Waals surface area contributed by atoms with E-state index >= 15 is 0 Å². The molecule has 0 radical (unpaired) electrons. The summed E-state index contributed by atoms with van der Waals surface area (Å²) in [5.41, 5.74) is 1.10. The van der Waals surface area contributed by atoms with Crippen molar-refractivity contribution >= 4 is 16.1 Å². The highest BCUT2D eigenvalue weighted by Crippen LogP contribution is 2.31. The maximum atomic E-state index is 12.3. The van der Waals surface area contributed by atoms with E-state index in [0.29, 0.717) is 19.5 Å². The van der Waals surface area contributed by atoms with Crippen molar-refractivity contribution in [2.75, 3.05) is 32.9 Å². The lowest BCUT2D eigenvalue weighted by Gasteiger charge is -2.25. The summed E-state index contributed by atoms with van der Waals surface area (Å²) in [5, 5.41) is 2.88.